The zero-order valence-electron chi connectivity index (χ0n) is 27.5. The van der Waals surface area contributed by atoms with Gasteiger partial charge in [0.25, 0.3) is 0 Å². The van der Waals surface area contributed by atoms with E-state index >= 15 is 0 Å². The van der Waals surface area contributed by atoms with Crippen molar-refractivity contribution in [2.45, 2.75) is 155 Å². The highest BCUT2D eigenvalue weighted by atomic mass is 16.6. The van der Waals surface area contributed by atoms with E-state index in [1.54, 1.807) is 25.0 Å². The lowest BCUT2D eigenvalue weighted by Crippen LogP contribution is -2.31. The lowest BCUT2D eigenvalue weighted by molar-refractivity contribution is -0.158. The molecule has 0 bridgehead atoms. The molecule has 4 heteroatoms. The number of aliphatic hydroxyl groups excluding tert-OH is 1. The van der Waals surface area contributed by atoms with E-state index in [-0.39, 0.29) is 25.3 Å². The molecule has 4 rings (SSSR count). The number of rotatable bonds is 14. The van der Waals surface area contributed by atoms with E-state index in [2.05, 4.69) is 32.0 Å². The number of carbonyl (C=O) groups is 1. The fourth-order valence-electron chi connectivity index (χ4n) is 8.29. The molecule has 3 fully saturated rings. The summed E-state index contributed by atoms with van der Waals surface area (Å²) >= 11 is 0. The van der Waals surface area contributed by atoms with Gasteiger partial charge < -0.3 is 14.6 Å². The molecule has 0 heterocycles. The SMILES string of the molecule is CCCCCC1CCC(C2CCC(c3ccc(C4CCC(OCCOC(=O)C(C)(C)CO)CC4)cc3CC)CC2)CC1. The van der Waals surface area contributed by atoms with Crippen LogP contribution in [-0.4, -0.2) is 37.0 Å². The maximum atomic E-state index is 12.0. The van der Waals surface area contributed by atoms with Crippen molar-refractivity contribution in [3.05, 3.63) is 34.9 Å². The van der Waals surface area contributed by atoms with E-state index in [4.69, 9.17) is 9.47 Å². The molecule has 0 spiro atoms. The quantitative estimate of drug-likeness (QED) is 0.175. The van der Waals surface area contributed by atoms with Crippen molar-refractivity contribution in [1.82, 2.24) is 0 Å². The van der Waals surface area contributed by atoms with Gasteiger partial charge in [-0.2, -0.15) is 0 Å². The Morgan fingerprint density at radius 2 is 1.48 bits per heavy atom. The van der Waals surface area contributed by atoms with E-state index in [1.807, 2.05) is 0 Å². The van der Waals surface area contributed by atoms with Gasteiger partial charge in [0, 0.05) is 0 Å². The first kappa shape index (κ1) is 33.5. The van der Waals surface area contributed by atoms with E-state index in [0.29, 0.717) is 12.5 Å². The standard InChI is InChI=1S/C38H62O4/c1-5-7-8-9-28-10-12-30(13-11-28)31-14-16-33(17-15-31)36-23-20-34(26-29(36)6-2)32-18-21-35(22-19-32)41-24-25-42-37(40)38(3,4)27-39/h20,23,26,28,30-33,35,39H,5-19,21-22,24-25,27H2,1-4H3. The van der Waals surface area contributed by atoms with E-state index in [9.17, 15) is 9.90 Å². The van der Waals surface area contributed by atoms with Crippen LogP contribution in [0, 0.1) is 23.2 Å². The number of carbonyl (C=O) groups excluding carboxylic acids is 1. The predicted octanol–water partition coefficient (Wildman–Crippen LogP) is 9.51. The second kappa shape index (κ2) is 16.6. The van der Waals surface area contributed by atoms with Crippen molar-refractivity contribution < 1.29 is 19.4 Å². The average molecular weight is 583 g/mol. The van der Waals surface area contributed by atoms with Crippen LogP contribution in [0.4, 0.5) is 0 Å². The van der Waals surface area contributed by atoms with Gasteiger partial charge in [0.2, 0.25) is 0 Å². The van der Waals surface area contributed by atoms with E-state index in [1.165, 1.54) is 82.6 Å². The largest absolute Gasteiger partial charge is 0.463 e. The molecule has 3 saturated carbocycles. The summed E-state index contributed by atoms with van der Waals surface area (Å²) in [5.41, 5.74) is 3.92. The third-order valence-corrected chi connectivity index (χ3v) is 11.3. The molecular weight excluding hydrogens is 520 g/mol. The smallest absolute Gasteiger partial charge is 0.313 e. The summed E-state index contributed by atoms with van der Waals surface area (Å²) in [5, 5.41) is 9.31. The third-order valence-electron chi connectivity index (χ3n) is 11.3. The Kier molecular flexibility index (Phi) is 13.3. The molecular formula is C38H62O4. The Morgan fingerprint density at radius 3 is 2.10 bits per heavy atom. The van der Waals surface area contributed by atoms with Crippen LogP contribution < -0.4 is 0 Å². The van der Waals surface area contributed by atoms with Crippen molar-refractivity contribution in [1.29, 1.82) is 0 Å². The molecule has 3 aliphatic carbocycles. The van der Waals surface area contributed by atoms with Gasteiger partial charge in [-0.05, 0) is 131 Å². The first-order valence-corrected chi connectivity index (χ1v) is 17.9. The summed E-state index contributed by atoms with van der Waals surface area (Å²) in [6, 6.07) is 7.51. The molecule has 1 aromatic carbocycles. The van der Waals surface area contributed by atoms with Crippen molar-refractivity contribution >= 4 is 5.97 Å². The van der Waals surface area contributed by atoms with Crippen molar-refractivity contribution in [3.8, 4) is 0 Å². The summed E-state index contributed by atoms with van der Waals surface area (Å²) in [4.78, 5) is 12.0. The summed E-state index contributed by atoms with van der Waals surface area (Å²) in [7, 11) is 0. The van der Waals surface area contributed by atoms with Crippen LogP contribution in [0.1, 0.15) is 159 Å². The molecule has 0 unspecified atom stereocenters. The maximum Gasteiger partial charge on any atom is 0.313 e. The fraction of sp³-hybridized carbons (Fsp3) is 0.816. The first-order valence-electron chi connectivity index (χ1n) is 17.9. The Bertz CT molecular complexity index is 930. The molecule has 0 aromatic heterocycles. The zero-order valence-corrected chi connectivity index (χ0v) is 27.5. The van der Waals surface area contributed by atoms with Crippen LogP contribution in [0.15, 0.2) is 18.2 Å². The molecule has 1 N–H and O–H groups in total. The van der Waals surface area contributed by atoms with Crippen LogP contribution in [-0.2, 0) is 20.7 Å². The van der Waals surface area contributed by atoms with Crippen molar-refractivity contribution in [3.63, 3.8) is 0 Å². The Balaban J connectivity index is 1.19. The van der Waals surface area contributed by atoms with Gasteiger partial charge in [-0.3, -0.25) is 4.79 Å². The molecule has 3 aliphatic rings. The van der Waals surface area contributed by atoms with E-state index in [0.717, 1.165) is 55.8 Å². The Morgan fingerprint density at radius 1 is 0.833 bits per heavy atom. The maximum absolute atomic E-state index is 12.0. The summed E-state index contributed by atoms with van der Waals surface area (Å²) in [5.74, 6) is 4.04. The van der Waals surface area contributed by atoms with Gasteiger partial charge in [-0.15, -0.1) is 0 Å². The van der Waals surface area contributed by atoms with E-state index < -0.39 is 5.41 Å². The number of aryl methyl sites for hydroxylation is 1. The normalized spacial score (nSPS) is 28.9. The van der Waals surface area contributed by atoms with Gasteiger partial charge in [0.1, 0.15) is 6.61 Å². The number of aliphatic hydroxyl groups is 1. The number of benzene rings is 1. The highest BCUT2D eigenvalue weighted by Gasteiger charge is 2.32. The van der Waals surface area contributed by atoms with Crippen LogP contribution in [0.2, 0.25) is 0 Å². The molecule has 0 atom stereocenters. The molecule has 0 amide bonds. The minimum atomic E-state index is -0.850. The highest BCUT2D eigenvalue weighted by molar-refractivity contribution is 5.76. The van der Waals surface area contributed by atoms with Gasteiger partial charge in [0.05, 0.1) is 24.7 Å². The topological polar surface area (TPSA) is 55.8 Å². The monoisotopic (exact) mass is 582 g/mol. The van der Waals surface area contributed by atoms with Gasteiger partial charge in [-0.25, -0.2) is 0 Å². The Hall–Kier alpha value is -1.39. The molecule has 0 aliphatic heterocycles. The minimum Gasteiger partial charge on any atom is -0.463 e. The third kappa shape index (κ3) is 9.31. The zero-order chi connectivity index (χ0) is 30.0. The highest BCUT2D eigenvalue weighted by Crippen LogP contribution is 2.45. The molecule has 238 valence electrons. The van der Waals surface area contributed by atoms with Gasteiger partial charge in [-0.1, -0.05) is 70.6 Å². The molecule has 42 heavy (non-hydrogen) atoms. The minimum absolute atomic E-state index is 0.210. The molecule has 4 nitrogen and oxygen atoms in total. The lowest BCUT2D eigenvalue weighted by atomic mass is 9.67. The lowest BCUT2D eigenvalue weighted by Gasteiger charge is -2.38. The van der Waals surface area contributed by atoms with Gasteiger partial charge in [0.15, 0.2) is 0 Å². The number of ether oxygens (including phenoxy) is 2. The average Bonchev–Trinajstić information content (AvgIpc) is 3.03. The van der Waals surface area contributed by atoms with Crippen LogP contribution in [0.5, 0.6) is 0 Å². The predicted molar refractivity (Wildman–Crippen MR) is 173 cm³/mol. The second-order valence-electron chi connectivity index (χ2n) is 14.7. The van der Waals surface area contributed by atoms with Crippen LogP contribution >= 0.6 is 0 Å². The molecule has 1 aromatic rings. The number of esters is 1. The Labute approximate surface area is 257 Å². The molecule has 0 radical (unpaired) electrons. The fourth-order valence-corrected chi connectivity index (χ4v) is 8.29. The second-order valence-corrected chi connectivity index (χ2v) is 14.7. The number of unbranched alkanes of at least 4 members (excludes halogenated alkanes) is 2. The van der Waals surface area contributed by atoms with Crippen LogP contribution in [0.25, 0.3) is 0 Å². The first-order chi connectivity index (χ1) is 20.3. The van der Waals surface area contributed by atoms with Gasteiger partial charge >= 0.3 is 5.97 Å². The summed E-state index contributed by atoms with van der Waals surface area (Å²) in [6.45, 7) is 8.53. The summed E-state index contributed by atoms with van der Waals surface area (Å²) in [6.07, 6.45) is 23.3. The molecule has 0 saturated heterocycles. The number of hydrogen-bond acceptors (Lipinski definition) is 4. The van der Waals surface area contributed by atoms with Crippen LogP contribution in [0.3, 0.4) is 0 Å². The van der Waals surface area contributed by atoms with Crippen molar-refractivity contribution in [2.24, 2.45) is 23.2 Å². The van der Waals surface area contributed by atoms with Crippen molar-refractivity contribution in [2.75, 3.05) is 19.8 Å². The summed E-state index contributed by atoms with van der Waals surface area (Å²) < 4.78 is 11.3. The number of hydrogen-bond donors (Lipinski definition) is 1.